The molecule has 19 heavy (non-hydrogen) atoms. The number of nitrogens with one attached hydrogen (secondary N) is 1. The fourth-order valence-corrected chi connectivity index (χ4v) is 1.66. The van der Waals surface area contributed by atoms with Gasteiger partial charge in [0.2, 0.25) is 5.91 Å². The zero-order valence-corrected chi connectivity index (χ0v) is 13.0. The van der Waals surface area contributed by atoms with Crippen LogP contribution in [0.15, 0.2) is 0 Å². The minimum absolute atomic E-state index is 0.00468. The highest BCUT2D eigenvalue weighted by Gasteiger charge is 2.15. The highest BCUT2D eigenvalue weighted by molar-refractivity contribution is 5.80. The largest absolute Gasteiger partial charge is 0.389 e. The van der Waals surface area contributed by atoms with Crippen LogP contribution < -0.4 is 5.32 Å². The van der Waals surface area contributed by atoms with Crippen LogP contribution >= 0.6 is 0 Å². The molecule has 0 radical (unpaired) electrons. The van der Waals surface area contributed by atoms with E-state index in [4.69, 9.17) is 4.74 Å². The molecule has 1 amide bonds. The molecule has 0 heterocycles. The zero-order valence-electron chi connectivity index (χ0n) is 13.0. The lowest BCUT2D eigenvalue weighted by molar-refractivity contribution is -0.130. The van der Waals surface area contributed by atoms with Gasteiger partial charge in [0.05, 0.1) is 18.8 Å². The number of aliphatic hydroxyl groups excluding tert-OH is 1. The summed E-state index contributed by atoms with van der Waals surface area (Å²) in [4.78, 5) is 13.1. The van der Waals surface area contributed by atoms with Crippen molar-refractivity contribution in [3.8, 4) is 0 Å². The van der Waals surface area contributed by atoms with Crippen molar-refractivity contribution in [2.24, 2.45) is 5.92 Å². The smallest absolute Gasteiger partial charge is 0.238 e. The summed E-state index contributed by atoms with van der Waals surface area (Å²) in [6, 6.07) is -0.286. The summed E-state index contributed by atoms with van der Waals surface area (Å²) in [5.74, 6) is 0.693. The van der Waals surface area contributed by atoms with Crippen molar-refractivity contribution in [3.63, 3.8) is 0 Å². The Labute approximate surface area is 117 Å². The van der Waals surface area contributed by atoms with E-state index in [9.17, 15) is 9.90 Å². The quantitative estimate of drug-likeness (QED) is 0.580. The molecule has 0 aromatic rings. The molecular formula is C14H30N2O3. The summed E-state index contributed by atoms with van der Waals surface area (Å²) in [6.07, 6.45) is 1.59. The maximum Gasteiger partial charge on any atom is 0.238 e. The molecule has 0 aromatic heterocycles. The molecule has 5 heteroatoms. The van der Waals surface area contributed by atoms with Crippen molar-refractivity contribution < 1.29 is 14.6 Å². The monoisotopic (exact) mass is 274 g/mol. The van der Waals surface area contributed by atoms with Crippen LogP contribution in [-0.4, -0.2) is 61.9 Å². The second-order valence-corrected chi connectivity index (χ2v) is 5.63. The Balaban J connectivity index is 3.59. The van der Waals surface area contributed by atoms with E-state index in [0.717, 1.165) is 12.8 Å². The van der Waals surface area contributed by atoms with E-state index < -0.39 is 6.10 Å². The van der Waals surface area contributed by atoms with Crippen molar-refractivity contribution in [3.05, 3.63) is 0 Å². The molecule has 0 saturated heterocycles. The molecule has 0 aliphatic heterocycles. The number of hydrogen-bond acceptors (Lipinski definition) is 4. The summed E-state index contributed by atoms with van der Waals surface area (Å²) in [7, 11) is 3.43. The number of nitrogens with zero attached hydrogens (tertiary/aromatic N) is 1. The van der Waals surface area contributed by atoms with Crippen molar-refractivity contribution in [1.82, 2.24) is 10.2 Å². The molecule has 0 aromatic carbocycles. The summed E-state index contributed by atoms with van der Waals surface area (Å²) >= 11 is 0. The van der Waals surface area contributed by atoms with E-state index in [2.05, 4.69) is 19.2 Å². The van der Waals surface area contributed by atoms with Gasteiger partial charge in [-0.2, -0.15) is 0 Å². The van der Waals surface area contributed by atoms with Gasteiger partial charge in [-0.15, -0.1) is 0 Å². The summed E-state index contributed by atoms with van der Waals surface area (Å²) in [6.45, 7) is 7.52. The van der Waals surface area contributed by atoms with Gasteiger partial charge in [0.15, 0.2) is 0 Å². The molecule has 0 saturated carbocycles. The molecule has 5 nitrogen and oxygen atoms in total. The standard InChI is InChI=1S/C14H30N2O3/c1-11(2)7-6-8-19-10-13(17)9-15-12(3)14(18)16(4)5/h11-13,15,17H,6-10H2,1-5H3. The van der Waals surface area contributed by atoms with Gasteiger partial charge in [0, 0.05) is 27.2 Å². The maximum atomic E-state index is 11.6. The van der Waals surface area contributed by atoms with Gasteiger partial charge in [-0.1, -0.05) is 13.8 Å². The normalized spacial score (nSPS) is 14.5. The van der Waals surface area contributed by atoms with Gasteiger partial charge in [0.1, 0.15) is 0 Å². The first-order chi connectivity index (χ1) is 8.84. The number of amides is 1. The molecule has 0 spiro atoms. The van der Waals surface area contributed by atoms with Gasteiger partial charge in [-0.05, 0) is 25.7 Å². The summed E-state index contributed by atoms with van der Waals surface area (Å²) in [5.41, 5.74) is 0. The van der Waals surface area contributed by atoms with Gasteiger partial charge in [-0.3, -0.25) is 4.79 Å². The Morgan fingerprint density at radius 2 is 1.95 bits per heavy atom. The van der Waals surface area contributed by atoms with Crippen molar-refractivity contribution in [2.75, 3.05) is 33.9 Å². The molecule has 0 aliphatic rings. The number of carbonyl (C=O) groups is 1. The third-order valence-electron chi connectivity index (χ3n) is 2.85. The third kappa shape index (κ3) is 9.87. The van der Waals surface area contributed by atoms with E-state index in [-0.39, 0.29) is 11.9 Å². The van der Waals surface area contributed by atoms with Crippen molar-refractivity contribution in [1.29, 1.82) is 0 Å². The van der Waals surface area contributed by atoms with Crippen LogP contribution in [0.3, 0.4) is 0 Å². The number of ether oxygens (including phenoxy) is 1. The van der Waals surface area contributed by atoms with Gasteiger partial charge in [0.25, 0.3) is 0 Å². The SMILES string of the molecule is CC(C)CCCOCC(O)CNC(C)C(=O)N(C)C. The number of aliphatic hydroxyl groups is 1. The Morgan fingerprint density at radius 3 is 2.47 bits per heavy atom. The summed E-state index contributed by atoms with van der Waals surface area (Å²) in [5, 5.41) is 12.7. The molecule has 0 rings (SSSR count). The fourth-order valence-electron chi connectivity index (χ4n) is 1.66. The Bertz CT molecular complexity index is 245. The van der Waals surface area contributed by atoms with Crippen LogP contribution in [0.5, 0.6) is 0 Å². The second kappa shape index (κ2) is 10.2. The van der Waals surface area contributed by atoms with E-state index in [0.29, 0.717) is 25.7 Å². The molecule has 2 atom stereocenters. The van der Waals surface area contributed by atoms with Crippen LogP contribution in [0.25, 0.3) is 0 Å². The molecule has 2 N–H and O–H groups in total. The minimum atomic E-state index is -0.573. The second-order valence-electron chi connectivity index (χ2n) is 5.63. The predicted octanol–water partition coefficient (Wildman–Crippen LogP) is 0.866. The van der Waals surface area contributed by atoms with Crippen LogP contribution in [0.1, 0.15) is 33.6 Å². The molecule has 0 aliphatic carbocycles. The highest BCUT2D eigenvalue weighted by atomic mass is 16.5. The van der Waals surface area contributed by atoms with Crippen LogP contribution in [0, 0.1) is 5.92 Å². The first kappa shape index (κ1) is 18.4. The predicted molar refractivity (Wildman–Crippen MR) is 77.1 cm³/mol. The molecule has 2 unspecified atom stereocenters. The highest BCUT2D eigenvalue weighted by Crippen LogP contribution is 2.03. The van der Waals surface area contributed by atoms with E-state index in [1.165, 1.54) is 4.90 Å². The molecule has 114 valence electrons. The zero-order chi connectivity index (χ0) is 14.8. The lowest BCUT2D eigenvalue weighted by Gasteiger charge is -2.20. The Hall–Kier alpha value is -0.650. The van der Waals surface area contributed by atoms with E-state index >= 15 is 0 Å². The Kier molecular flexibility index (Phi) is 9.83. The van der Waals surface area contributed by atoms with Crippen molar-refractivity contribution in [2.45, 2.75) is 45.8 Å². The van der Waals surface area contributed by atoms with Gasteiger partial charge in [-0.25, -0.2) is 0 Å². The lowest BCUT2D eigenvalue weighted by Crippen LogP contribution is -2.45. The van der Waals surface area contributed by atoms with Crippen LogP contribution in [0.2, 0.25) is 0 Å². The molecular weight excluding hydrogens is 244 g/mol. The average Bonchev–Trinajstić information content (AvgIpc) is 2.33. The average molecular weight is 274 g/mol. The minimum Gasteiger partial charge on any atom is -0.389 e. The van der Waals surface area contributed by atoms with E-state index in [1.807, 2.05) is 0 Å². The first-order valence-corrected chi connectivity index (χ1v) is 7.05. The molecule has 0 fully saturated rings. The van der Waals surface area contributed by atoms with Gasteiger partial charge < -0.3 is 20.1 Å². The topological polar surface area (TPSA) is 61.8 Å². The lowest BCUT2D eigenvalue weighted by atomic mass is 10.1. The van der Waals surface area contributed by atoms with Crippen LogP contribution in [0.4, 0.5) is 0 Å². The number of likely N-dealkylation sites (N-methyl/N-ethyl adjacent to an activating group) is 1. The molecule has 0 bridgehead atoms. The fraction of sp³-hybridized carbons (Fsp3) is 0.929. The van der Waals surface area contributed by atoms with Crippen LogP contribution in [-0.2, 0) is 9.53 Å². The maximum absolute atomic E-state index is 11.6. The van der Waals surface area contributed by atoms with E-state index in [1.54, 1.807) is 21.0 Å². The van der Waals surface area contributed by atoms with Gasteiger partial charge >= 0.3 is 0 Å². The number of hydrogen-bond donors (Lipinski definition) is 2. The third-order valence-corrected chi connectivity index (χ3v) is 2.85. The Morgan fingerprint density at radius 1 is 1.32 bits per heavy atom. The van der Waals surface area contributed by atoms with Crippen molar-refractivity contribution >= 4 is 5.91 Å². The number of carbonyl (C=O) groups excluding carboxylic acids is 1. The first-order valence-electron chi connectivity index (χ1n) is 7.05. The summed E-state index contributed by atoms with van der Waals surface area (Å²) < 4.78 is 5.40. The number of rotatable bonds is 10.